The summed E-state index contributed by atoms with van der Waals surface area (Å²) in [5.41, 5.74) is 0.600. The van der Waals surface area contributed by atoms with Gasteiger partial charge in [0.15, 0.2) is 0 Å². The van der Waals surface area contributed by atoms with E-state index in [1.807, 2.05) is 23.6 Å². The highest BCUT2D eigenvalue weighted by Crippen LogP contribution is 2.11. The number of aryl methyl sites for hydroxylation is 1. The van der Waals surface area contributed by atoms with Crippen LogP contribution in [0.1, 0.15) is 15.4 Å². The number of ketones is 1. The summed E-state index contributed by atoms with van der Waals surface area (Å²) in [5, 5.41) is 5.93. The second kappa shape index (κ2) is 4.23. The molecule has 2 aromatic heterocycles. The van der Waals surface area contributed by atoms with E-state index in [0.717, 1.165) is 4.88 Å². The van der Waals surface area contributed by atoms with Gasteiger partial charge in [0.05, 0.1) is 0 Å². The van der Waals surface area contributed by atoms with Gasteiger partial charge in [-0.05, 0) is 29.7 Å². The second-order valence-corrected chi connectivity index (χ2v) is 4.03. The van der Waals surface area contributed by atoms with Crippen molar-refractivity contribution < 1.29 is 4.79 Å². The van der Waals surface area contributed by atoms with Gasteiger partial charge in [0, 0.05) is 18.1 Å². The standard InChI is InChI=1S/C11H10N2OS/c1-13-10(6-7-12-13)11(14)5-4-9-3-2-8-15-9/h2-8H,1H3/b5-4+. The number of carbonyl (C=O) groups excluding carboxylic acids is 1. The molecule has 15 heavy (non-hydrogen) atoms. The second-order valence-electron chi connectivity index (χ2n) is 3.05. The molecule has 0 saturated heterocycles. The molecule has 0 unspecified atom stereocenters. The van der Waals surface area contributed by atoms with Crippen molar-refractivity contribution in [2.45, 2.75) is 0 Å². The van der Waals surface area contributed by atoms with E-state index in [4.69, 9.17) is 0 Å². The quantitative estimate of drug-likeness (QED) is 0.585. The van der Waals surface area contributed by atoms with Crippen molar-refractivity contribution in [3.05, 3.63) is 46.4 Å². The predicted molar refractivity (Wildman–Crippen MR) is 60.9 cm³/mol. The molecule has 0 aliphatic heterocycles. The first kappa shape index (κ1) is 9.86. The fourth-order valence-electron chi connectivity index (χ4n) is 1.24. The van der Waals surface area contributed by atoms with Crippen LogP contribution in [0.4, 0.5) is 0 Å². The first-order valence-electron chi connectivity index (χ1n) is 4.51. The van der Waals surface area contributed by atoms with E-state index in [1.165, 1.54) is 0 Å². The van der Waals surface area contributed by atoms with Gasteiger partial charge in [-0.25, -0.2) is 0 Å². The topological polar surface area (TPSA) is 34.9 Å². The molecule has 0 atom stereocenters. The first-order chi connectivity index (χ1) is 7.27. The van der Waals surface area contributed by atoms with Crippen LogP contribution in [0, 0.1) is 0 Å². The van der Waals surface area contributed by atoms with Crippen molar-refractivity contribution in [1.82, 2.24) is 9.78 Å². The summed E-state index contributed by atoms with van der Waals surface area (Å²) in [6, 6.07) is 5.64. The summed E-state index contributed by atoms with van der Waals surface area (Å²) < 4.78 is 1.57. The summed E-state index contributed by atoms with van der Waals surface area (Å²) in [6.45, 7) is 0. The molecule has 3 nitrogen and oxygen atoms in total. The summed E-state index contributed by atoms with van der Waals surface area (Å²) in [5.74, 6) is -0.0246. The molecule has 0 aliphatic rings. The molecule has 0 aromatic carbocycles. The number of nitrogens with zero attached hydrogens (tertiary/aromatic N) is 2. The van der Waals surface area contributed by atoms with E-state index < -0.39 is 0 Å². The summed E-state index contributed by atoms with van der Waals surface area (Å²) >= 11 is 1.60. The summed E-state index contributed by atoms with van der Waals surface area (Å²) in [4.78, 5) is 12.8. The van der Waals surface area contributed by atoms with Gasteiger partial charge in [0.25, 0.3) is 0 Å². The van der Waals surface area contributed by atoms with Crippen molar-refractivity contribution in [2.75, 3.05) is 0 Å². The third-order valence-corrected chi connectivity index (χ3v) is 2.85. The molecule has 0 radical (unpaired) electrons. The van der Waals surface area contributed by atoms with Crippen LogP contribution in [-0.4, -0.2) is 15.6 Å². The number of hydrogen-bond acceptors (Lipinski definition) is 3. The molecule has 2 rings (SSSR count). The van der Waals surface area contributed by atoms with E-state index >= 15 is 0 Å². The Balaban J connectivity index is 2.14. The fraction of sp³-hybridized carbons (Fsp3) is 0.0909. The average molecular weight is 218 g/mol. The number of thiophene rings is 1. The zero-order valence-electron chi connectivity index (χ0n) is 8.25. The van der Waals surface area contributed by atoms with E-state index in [9.17, 15) is 4.79 Å². The molecule has 0 saturated carbocycles. The number of hydrogen-bond donors (Lipinski definition) is 0. The highest BCUT2D eigenvalue weighted by molar-refractivity contribution is 7.10. The monoisotopic (exact) mass is 218 g/mol. The Morgan fingerprint density at radius 3 is 3.00 bits per heavy atom. The Labute approximate surface area is 91.7 Å². The lowest BCUT2D eigenvalue weighted by molar-refractivity contribution is 0.103. The van der Waals surface area contributed by atoms with Gasteiger partial charge in [-0.2, -0.15) is 5.10 Å². The van der Waals surface area contributed by atoms with Crippen molar-refractivity contribution >= 4 is 23.2 Å². The maximum absolute atomic E-state index is 11.7. The lowest BCUT2D eigenvalue weighted by atomic mass is 10.2. The van der Waals surface area contributed by atoms with Gasteiger partial charge < -0.3 is 0 Å². The Hall–Kier alpha value is -1.68. The van der Waals surface area contributed by atoms with E-state index in [1.54, 1.807) is 41.4 Å². The molecular weight excluding hydrogens is 208 g/mol. The lowest BCUT2D eigenvalue weighted by Crippen LogP contribution is -2.03. The van der Waals surface area contributed by atoms with Crippen LogP contribution in [0.2, 0.25) is 0 Å². The fourth-order valence-corrected chi connectivity index (χ4v) is 1.86. The van der Waals surface area contributed by atoms with Crippen LogP contribution in [0.5, 0.6) is 0 Å². The smallest absolute Gasteiger partial charge is 0.203 e. The van der Waals surface area contributed by atoms with Crippen LogP contribution in [0.3, 0.4) is 0 Å². The van der Waals surface area contributed by atoms with E-state index in [0.29, 0.717) is 5.69 Å². The number of allylic oxidation sites excluding steroid dienone is 1. The van der Waals surface area contributed by atoms with Crippen molar-refractivity contribution in [2.24, 2.45) is 7.05 Å². The molecule has 0 bridgehead atoms. The minimum Gasteiger partial charge on any atom is -0.288 e. The van der Waals surface area contributed by atoms with Crippen LogP contribution >= 0.6 is 11.3 Å². The van der Waals surface area contributed by atoms with Crippen LogP contribution in [0.15, 0.2) is 35.9 Å². The molecular formula is C11H10N2OS. The number of carbonyl (C=O) groups is 1. The molecule has 0 amide bonds. The lowest BCUT2D eigenvalue weighted by Gasteiger charge is -1.94. The Morgan fingerprint density at radius 2 is 2.40 bits per heavy atom. The summed E-state index contributed by atoms with van der Waals surface area (Å²) in [7, 11) is 1.76. The predicted octanol–water partition coefficient (Wildman–Crippen LogP) is 2.38. The van der Waals surface area contributed by atoms with Crippen molar-refractivity contribution in [1.29, 1.82) is 0 Å². The molecule has 4 heteroatoms. The normalized spacial score (nSPS) is 11.0. The van der Waals surface area contributed by atoms with Crippen molar-refractivity contribution in [3.8, 4) is 0 Å². The molecule has 0 spiro atoms. The molecule has 2 aromatic rings. The van der Waals surface area contributed by atoms with Gasteiger partial charge in [0.1, 0.15) is 5.69 Å². The largest absolute Gasteiger partial charge is 0.288 e. The molecule has 2 heterocycles. The number of rotatable bonds is 3. The van der Waals surface area contributed by atoms with Gasteiger partial charge in [-0.3, -0.25) is 9.48 Å². The van der Waals surface area contributed by atoms with Gasteiger partial charge in [0.2, 0.25) is 5.78 Å². The van der Waals surface area contributed by atoms with E-state index in [2.05, 4.69) is 5.10 Å². The highest BCUT2D eigenvalue weighted by atomic mass is 32.1. The zero-order valence-corrected chi connectivity index (χ0v) is 9.07. The minimum atomic E-state index is -0.0246. The van der Waals surface area contributed by atoms with Gasteiger partial charge >= 0.3 is 0 Å². The third-order valence-electron chi connectivity index (χ3n) is 2.02. The Morgan fingerprint density at radius 1 is 1.53 bits per heavy atom. The maximum atomic E-state index is 11.7. The molecule has 0 fully saturated rings. The molecule has 0 aliphatic carbocycles. The SMILES string of the molecule is Cn1nccc1C(=O)/C=C/c1cccs1. The molecule has 76 valence electrons. The maximum Gasteiger partial charge on any atom is 0.203 e. The minimum absolute atomic E-state index is 0.0246. The summed E-state index contributed by atoms with van der Waals surface area (Å²) in [6.07, 6.45) is 5.01. The van der Waals surface area contributed by atoms with Gasteiger partial charge in [-0.15, -0.1) is 11.3 Å². The zero-order chi connectivity index (χ0) is 10.7. The van der Waals surface area contributed by atoms with Gasteiger partial charge in [-0.1, -0.05) is 6.07 Å². The number of aromatic nitrogens is 2. The Bertz CT molecular complexity index is 482. The average Bonchev–Trinajstić information content (AvgIpc) is 2.84. The Kier molecular flexibility index (Phi) is 2.78. The molecule has 0 N–H and O–H groups in total. The van der Waals surface area contributed by atoms with Crippen LogP contribution in [0.25, 0.3) is 6.08 Å². The van der Waals surface area contributed by atoms with Crippen LogP contribution in [-0.2, 0) is 7.05 Å². The van der Waals surface area contributed by atoms with Crippen molar-refractivity contribution in [3.63, 3.8) is 0 Å². The highest BCUT2D eigenvalue weighted by Gasteiger charge is 2.05. The van der Waals surface area contributed by atoms with E-state index in [-0.39, 0.29) is 5.78 Å². The third kappa shape index (κ3) is 2.22. The van der Waals surface area contributed by atoms with Crippen LogP contribution < -0.4 is 0 Å². The first-order valence-corrected chi connectivity index (χ1v) is 5.39.